The SMILES string of the molecule is CCCCCCCCCOC(CCCCC)=C(OCCCCCCCCC)OCOCCCCCCC. The zero-order valence-corrected chi connectivity index (χ0v) is 25.7. The van der Waals surface area contributed by atoms with E-state index in [1.165, 1.54) is 116 Å². The van der Waals surface area contributed by atoms with Crippen molar-refractivity contribution in [2.75, 3.05) is 26.6 Å². The highest BCUT2D eigenvalue weighted by Crippen LogP contribution is 2.20. The van der Waals surface area contributed by atoms with Crippen LogP contribution < -0.4 is 0 Å². The highest BCUT2D eigenvalue weighted by Gasteiger charge is 2.13. The van der Waals surface area contributed by atoms with Crippen molar-refractivity contribution >= 4 is 0 Å². The molecule has 0 radical (unpaired) electrons. The van der Waals surface area contributed by atoms with Gasteiger partial charge >= 0.3 is 5.95 Å². The van der Waals surface area contributed by atoms with Crippen LogP contribution in [0.4, 0.5) is 0 Å². The van der Waals surface area contributed by atoms with Gasteiger partial charge in [-0.2, -0.15) is 0 Å². The summed E-state index contributed by atoms with van der Waals surface area (Å²) in [5.74, 6) is 1.48. The van der Waals surface area contributed by atoms with Crippen LogP contribution in [0.15, 0.2) is 11.7 Å². The minimum atomic E-state index is 0.248. The van der Waals surface area contributed by atoms with Gasteiger partial charge in [0.25, 0.3) is 0 Å². The quantitative estimate of drug-likeness (QED) is 0.0511. The second-order valence-electron chi connectivity index (χ2n) is 10.7. The first kappa shape index (κ1) is 36.1. The van der Waals surface area contributed by atoms with Crippen LogP contribution in [-0.2, 0) is 18.9 Å². The molecule has 0 heterocycles. The Morgan fingerprint density at radius 1 is 0.378 bits per heavy atom. The highest BCUT2D eigenvalue weighted by molar-refractivity contribution is 4.95. The van der Waals surface area contributed by atoms with E-state index in [0.29, 0.717) is 12.6 Å². The van der Waals surface area contributed by atoms with Crippen molar-refractivity contribution in [1.82, 2.24) is 0 Å². The van der Waals surface area contributed by atoms with Crippen molar-refractivity contribution in [2.45, 2.75) is 175 Å². The van der Waals surface area contributed by atoms with Crippen LogP contribution in [0.1, 0.15) is 175 Å². The summed E-state index contributed by atoms with van der Waals surface area (Å²) >= 11 is 0. The van der Waals surface area contributed by atoms with Crippen LogP contribution >= 0.6 is 0 Å². The second-order valence-corrected chi connectivity index (χ2v) is 10.7. The molecule has 0 amide bonds. The van der Waals surface area contributed by atoms with Crippen LogP contribution in [-0.4, -0.2) is 26.6 Å². The Morgan fingerprint density at radius 3 is 1.30 bits per heavy atom. The fourth-order valence-corrected chi connectivity index (χ4v) is 4.41. The molecule has 0 aromatic carbocycles. The van der Waals surface area contributed by atoms with Crippen LogP contribution in [0, 0.1) is 0 Å². The van der Waals surface area contributed by atoms with Gasteiger partial charge in [0.1, 0.15) is 0 Å². The summed E-state index contributed by atoms with van der Waals surface area (Å²) < 4.78 is 24.4. The zero-order valence-electron chi connectivity index (χ0n) is 25.7. The number of unbranched alkanes of at least 4 members (excludes halogenated alkanes) is 18. The molecule has 222 valence electrons. The van der Waals surface area contributed by atoms with E-state index in [1.807, 2.05) is 0 Å². The summed E-state index contributed by atoms with van der Waals surface area (Å²) in [7, 11) is 0. The molecule has 0 unspecified atom stereocenters. The monoisotopic (exact) mass is 526 g/mol. The third-order valence-corrected chi connectivity index (χ3v) is 6.91. The van der Waals surface area contributed by atoms with Crippen molar-refractivity contribution in [3.63, 3.8) is 0 Å². The number of ether oxygens (including phenoxy) is 4. The van der Waals surface area contributed by atoms with E-state index in [9.17, 15) is 0 Å². The standard InChI is InChI=1S/C33H66O4/c1-5-9-13-16-18-21-25-29-35-32(27-23-12-8-4)33(36-30-26-22-19-17-14-10-6-2)37-31-34-28-24-20-15-11-7-3/h5-31H2,1-4H3. The lowest BCUT2D eigenvalue weighted by Gasteiger charge is -2.18. The molecule has 0 saturated carbocycles. The first-order valence-corrected chi connectivity index (χ1v) is 16.5. The first-order chi connectivity index (χ1) is 18.3. The molecule has 0 bridgehead atoms. The number of hydrogen-bond donors (Lipinski definition) is 0. The summed E-state index contributed by atoms with van der Waals surface area (Å²) in [6, 6.07) is 0. The Balaban J connectivity index is 4.70. The number of rotatable bonds is 31. The molecule has 0 aliphatic rings. The summed E-state index contributed by atoms with van der Waals surface area (Å²) in [5.41, 5.74) is 0. The molecule has 0 N–H and O–H groups in total. The molecule has 0 saturated heterocycles. The molecule has 0 aliphatic heterocycles. The largest absolute Gasteiger partial charge is 0.491 e. The maximum Gasteiger partial charge on any atom is 0.321 e. The maximum absolute atomic E-state index is 6.30. The van der Waals surface area contributed by atoms with Gasteiger partial charge in [0, 0.05) is 6.42 Å². The lowest BCUT2D eigenvalue weighted by molar-refractivity contribution is -0.0846. The summed E-state index contributed by atoms with van der Waals surface area (Å²) in [4.78, 5) is 0. The Kier molecular flexibility index (Phi) is 30.6. The third-order valence-electron chi connectivity index (χ3n) is 6.91. The van der Waals surface area contributed by atoms with Crippen molar-refractivity contribution in [3.05, 3.63) is 11.7 Å². The molecule has 0 aromatic heterocycles. The Labute approximate surface area is 232 Å². The smallest absolute Gasteiger partial charge is 0.321 e. The average molecular weight is 527 g/mol. The van der Waals surface area contributed by atoms with Gasteiger partial charge in [0.2, 0.25) is 0 Å². The Hall–Kier alpha value is -0.900. The van der Waals surface area contributed by atoms with Crippen molar-refractivity contribution in [2.24, 2.45) is 0 Å². The second kappa shape index (κ2) is 31.3. The molecular formula is C33H66O4. The molecule has 0 atom stereocenters. The zero-order chi connectivity index (χ0) is 27.1. The minimum absolute atomic E-state index is 0.248. The van der Waals surface area contributed by atoms with E-state index < -0.39 is 0 Å². The molecule has 4 heteroatoms. The molecule has 0 spiro atoms. The molecule has 4 nitrogen and oxygen atoms in total. The third kappa shape index (κ3) is 26.5. The predicted molar refractivity (Wildman–Crippen MR) is 160 cm³/mol. The first-order valence-electron chi connectivity index (χ1n) is 16.5. The Morgan fingerprint density at radius 2 is 0.784 bits per heavy atom. The normalized spacial score (nSPS) is 12.0. The molecule has 37 heavy (non-hydrogen) atoms. The lowest BCUT2D eigenvalue weighted by Crippen LogP contribution is -2.10. The van der Waals surface area contributed by atoms with Crippen molar-refractivity contribution in [3.8, 4) is 0 Å². The fraction of sp³-hybridized carbons (Fsp3) is 0.939. The molecule has 0 rings (SSSR count). The van der Waals surface area contributed by atoms with Gasteiger partial charge in [0.15, 0.2) is 12.6 Å². The van der Waals surface area contributed by atoms with E-state index in [1.54, 1.807) is 0 Å². The van der Waals surface area contributed by atoms with Gasteiger partial charge in [-0.3, -0.25) is 0 Å². The van der Waals surface area contributed by atoms with E-state index in [4.69, 9.17) is 18.9 Å². The molecule has 0 fully saturated rings. The van der Waals surface area contributed by atoms with Gasteiger partial charge in [-0.25, -0.2) is 0 Å². The fourth-order valence-electron chi connectivity index (χ4n) is 4.41. The Bertz CT molecular complexity index is 441. The average Bonchev–Trinajstić information content (AvgIpc) is 2.91. The number of allylic oxidation sites excluding steroid dienone is 1. The van der Waals surface area contributed by atoms with Gasteiger partial charge in [-0.05, 0) is 25.7 Å². The van der Waals surface area contributed by atoms with Gasteiger partial charge in [-0.1, -0.05) is 143 Å². The molecular weight excluding hydrogens is 460 g/mol. The van der Waals surface area contributed by atoms with E-state index in [-0.39, 0.29) is 6.79 Å². The van der Waals surface area contributed by atoms with E-state index in [2.05, 4.69) is 27.7 Å². The van der Waals surface area contributed by atoms with E-state index in [0.717, 1.165) is 51.1 Å². The van der Waals surface area contributed by atoms with E-state index >= 15 is 0 Å². The van der Waals surface area contributed by atoms with Crippen molar-refractivity contribution < 1.29 is 18.9 Å². The van der Waals surface area contributed by atoms with Crippen molar-refractivity contribution in [1.29, 1.82) is 0 Å². The summed E-state index contributed by atoms with van der Waals surface area (Å²) in [5, 5.41) is 0. The molecule has 0 aromatic rings. The summed E-state index contributed by atoms with van der Waals surface area (Å²) in [6.45, 7) is 11.5. The van der Waals surface area contributed by atoms with Gasteiger partial charge in [-0.15, -0.1) is 0 Å². The van der Waals surface area contributed by atoms with Crippen LogP contribution in [0.3, 0.4) is 0 Å². The molecule has 0 aliphatic carbocycles. The summed E-state index contributed by atoms with van der Waals surface area (Å²) in [6.07, 6.45) is 28.5. The highest BCUT2D eigenvalue weighted by atomic mass is 16.7. The van der Waals surface area contributed by atoms with Crippen LogP contribution in [0.5, 0.6) is 0 Å². The van der Waals surface area contributed by atoms with Gasteiger partial charge < -0.3 is 18.9 Å². The topological polar surface area (TPSA) is 36.9 Å². The number of hydrogen-bond acceptors (Lipinski definition) is 4. The van der Waals surface area contributed by atoms with Crippen LogP contribution in [0.2, 0.25) is 0 Å². The maximum atomic E-state index is 6.30. The predicted octanol–water partition coefficient (Wildman–Crippen LogP) is 11.2. The lowest BCUT2D eigenvalue weighted by atomic mass is 10.1. The minimum Gasteiger partial charge on any atom is -0.491 e. The van der Waals surface area contributed by atoms with Crippen LogP contribution in [0.25, 0.3) is 0 Å². The van der Waals surface area contributed by atoms with Gasteiger partial charge in [0.05, 0.1) is 19.8 Å².